The zero-order valence-electron chi connectivity index (χ0n) is 18.0. The van der Waals surface area contributed by atoms with E-state index in [0.717, 1.165) is 33.7 Å². The molecule has 0 aliphatic rings. The molecule has 0 bridgehead atoms. The van der Waals surface area contributed by atoms with Gasteiger partial charge < -0.3 is 16.0 Å². The minimum absolute atomic E-state index is 0.202. The van der Waals surface area contributed by atoms with E-state index in [9.17, 15) is 4.79 Å². The molecule has 6 nitrogen and oxygen atoms in total. The maximum atomic E-state index is 13.0. The van der Waals surface area contributed by atoms with Crippen molar-refractivity contribution in [2.45, 2.75) is 0 Å². The average Bonchev–Trinajstić information content (AvgIpc) is 2.85. The molecule has 0 radical (unpaired) electrons. The van der Waals surface area contributed by atoms with Gasteiger partial charge in [-0.3, -0.25) is 14.8 Å². The van der Waals surface area contributed by atoms with Crippen LogP contribution < -0.4 is 16.0 Å². The van der Waals surface area contributed by atoms with E-state index < -0.39 is 0 Å². The van der Waals surface area contributed by atoms with Crippen LogP contribution in [0.3, 0.4) is 0 Å². The van der Waals surface area contributed by atoms with Crippen molar-refractivity contribution in [2.75, 3.05) is 16.0 Å². The molecule has 0 saturated heterocycles. The first-order valence-corrected chi connectivity index (χ1v) is 11.0. The van der Waals surface area contributed by atoms with E-state index in [-0.39, 0.29) is 5.91 Å². The van der Waals surface area contributed by atoms with Crippen molar-refractivity contribution < 1.29 is 4.79 Å². The summed E-state index contributed by atoms with van der Waals surface area (Å²) in [6.07, 6.45) is 5.18. The average molecular weight is 466 g/mol. The molecule has 2 aromatic heterocycles. The van der Waals surface area contributed by atoms with E-state index in [1.807, 2.05) is 78.9 Å². The summed E-state index contributed by atoms with van der Waals surface area (Å²) in [5, 5.41) is 11.2. The van der Waals surface area contributed by atoms with Gasteiger partial charge in [-0.15, -0.1) is 0 Å². The van der Waals surface area contributed by atoms with Crippen molar-refractivity contribution in [2.24, 2.45) is 0 Å². The molecule has 0 fully saturated rings. The smallest absolute Gasteiger partial charge is 0.255 e. The molecule has 0 unspecified atom stereocenters. The summed E-state index contributed by atoms with van der Waals surface area (Å²) < 4.78 is 0. The van der Waals surface area contributed by atoms with Crippen LogP contribution in [0.25, 0.3) is 10.9 Å². The van der Waals surface area contributed by atoms with E-state index in [0.29, 0.717) is 16.3 Å². The van der Waals surface area contributed by atoms with Gasteiger partial charge in [-0.2, -0.15) is 0 Å². The number of carbonyl (C=O) groups is 1. The molecule has 5 rings (SSSR count). The van der Waals surface area contributed by atoms with Gasteiger partial charge in [-0.25, -0.2) is 0 Å². The van der Waals surface area contributed by atoms with Gasteiger partial charge in [0, 0.05) is 63.0 Å². The standard InChI is InChI=1S/C27H20ClN5O/c28-19-7-8-25-24(16-19)26(11-14-30-25)32-21-4-1-3-18(15-21)27(34)33-23-6-2-5-22(17-23)31-20-9-12-29-13-10-20/h1-17H,(H,29,31)(H,30,32)(H,33,34). The van der Waals surface area contributed by atoms with E-state index in [1.54, 1.807) is 24.7 Å². The van der Waals surface area contributed by atoms with Crippen molar-refractivity contribution in [3.05, 3.63) is 114 Å². The summed E-state index contributed by atoms with van der Waals surface area (Å²) in [7, 11) is 0. The molecular formula is C27H20ClN5O. The zero-order chi connectivity index (χ0) is 23.3. The lowest BCUT2D eigenvalue weighted by atomic mass is 10.1. The molecule has 0 aliphatic heterocycles. The van der Waals surface area contributed by atoms with Gasteiger partial charge in [0.25, 0.3) is 5.91 Å². The van der Waals surface area contributed by atoms with Crippen molar-refractivity contribution in [3.63, 3.8) is 0 Å². The summed E-state index contributed by atoms with van der Waals surface area (Å²) in [5.74, 6) is -0.202. The number of benzene rings is 3. The Morgan fingerprint density at radius 3 is 2.32 bits per heavy atom. The van der Waals surface area contributed by atoms with Crippen LogP contribution in [0.4, 0.5) is 28.4 Å². The van der Waals surface area contributed by atoms with Crippen LogP contribution in [0, 0.1) is 0 Å². The first-order valence-electron chi connectivity index (χ1n) is 10.6. The quantitative estimate of drug-likeness (QED) is 0.251. The summed E-state index contributed by atoms with van der Waals surface area (Å²) in [5.41, 5.74) is 5.49. The second kappa shape index (κ2) is 9.60. The lowest BCUT2D eigenvalue weighted by Crippen LogP contribution is -2.12. The molecule has 1 amide bonds. The van der Waals surface area contributed by atoms with Gasteiger partial charge in [-0.1, -0.05) is 23.7 Å². The number of nitrogens with one attached hydrogen (secondary N) is 3. The summed E-state index contributed by atoms with van der Waals surface area (Å²) in [6, 6.07) is 26.1. The molecule has 2 heterocycles. The third kappa shape index (κ3) is 4.98. The van der Waals surface area contributed by atoms with Crippen molar-refractivity contribution >= 4 is 56.8 Å². The SMILES string of the molecule is O=C(Nc1cccc(Nc2ccncc2)c1)c1cccc(Nc2ccnc3ccc(Cl)cc23)c1. The van der Waals surface area contributed by atoms with Gasteiger partial charge in [0.2, 0.25) is 0 Å². The molecule has 0 spiro atoms. The van der Waals surface area contributed by atoms with Gasteiger partial charge in [0.1, 0.15) is 0 Å². The summed E-state index contributed by atoms with van der Waals surface area (Å²) in [4.78, 5) is 21.3. The number of halogens is 1. The lowest BCUT2D eigenvalue weighted by Gasteiger charge is -2.12. The zero-order valence-corrected chi connectivity index (χ0v) is 18.8. The number of anilines is 5. The van der Waals surface area contributed by atoms with Crippen molar-refractivity contribution in [3.8, 4) is 0 Å². The summed E-state index contributed by atoms with van der Waals surface area (Å²) in [6.45, 7) is 0. The van der Waals surface area contributed by atoms with Crippen molar-refractivity contribution in [1.82, 2.24) is 9.97 Å². The number of fused-ring (bicyclic) bond motifs is 1. The van der Waals surface area contributed by atoms with Gasteiger partial charge in [0.05, 0.1) is 5.52 Å². The molecule has 0 aliphatic carbocycles. The fraction of sp³-hybridized carbons (Fsp3) is 0. The van der Waals surface area contributed by atoms with Gasteiger partial charge in [0.15, 0.2) is 0 Å². The highest BCUT2D eigenvalue weighted by Gasteiger charge is 2.09. The van der Waals surface area contributed by atoms with Crippen LogP contribution in [0.1, 0.15) is 10.4 Å². The highest BCUT2D eigenvalue weighted by molar-refractivity contribution is 6.31. The van der Waals surface area contributed by atoms with E-state index >= 15 is 0 Å². The number of nitrogens with zero attached hydrogens (tertiary/aromatic N) is 2. The fourth-order valence-corrected chi connectivity index (χ4v) is 3.77. The van der Waals surface area contributed by atoms with Crippen LogP contribution in [-0.2, 0) is 0 Å². The molecule has 0 atom stereocenters. The Bertz CT molecular complexity index is 1470. The molecule has 5 aromatic rings. The molecule has 3 aromatic carbocycles. The molecule has 34 heavy (non-hydrogen) atoms. The van der Waals surface area contributed by atoms with E-state index in [2.05, 4.69) is 25.9 Å². The molecule has 166 valence electrons. The maximum Gasteiger partial charge on any atom is 0.255 e. The van der Waals surface area contributed by atoms with Crippen LogP contribution >= 0.6 is 11.6 Å². The van der Waals surface area contributed by atoms with Crippen molar-refractivity contribution in [1.29, 1.82) is 0 Å². The van der Waals surface area contributed by atoms with Gasteiger partial charge >= 0.3 is 0 Å². The first-order chi connectivity index (χ1) is 16.6. The Balaban J connectivity index is 1.33. The number of hydrogen-bond donors (Lipinski definition) is 3. The predicted octanol–water partition coefficient (Wildman–Crippen LogP) is 7.02. The summed E-state index contributed by atoms with van der Waals surface area (Å²) >= 11 is 6.18. The minimum Gasteiger partial charge on any atom is -0.355 e. The van der Waals surface area contributed by atoms with Crippen LogP contribution in [-0.4, -0.2) is 15.9 Å². The number of aromatic nitrogens is 2. The Morgan fingerprint density at radius 2 is 1.47 bits per heavy atom. The number of amides is 1. The minimum atomic E-state index is -0.202. The highest BCUT2D eigenvalue weighted by Crippen LogP contribution is 2.28. The van der Waals surface area contributed by atoms with Crippen LogP contribution in [0.2, 0.25) is 5.02 Å². The number of carbonyl (C=O) groups excluding carboxylic acids is 1. The highest BCUT2D eigenvalue weighted by atomic mass is 35.5. The van der Waals surface area contributed by atoms with E-state index in [4.69, 9.17) is 11.6 Å². The number of rotatable bonds is 6. The third-order valence-electron chi connectivity index (χ3n) is 5.20. The van der Waals surface area contributed by atoms with E-state index in [1.165, 1.54) is 0 Å². The largest absolute Gasteiger partial charge is 0.355 e. The first kappa shape index (κ1) is 21.4. The number of pyridine rings is 2. The molecule has 3 N–H and O–H groups in total. The van der Waals surface area contributed by atoms with Crippen LogP contribution in [0.15, 0.2) is 104 Å². The Kier molecular flexibility index (Phi) is 6.05. The molecule has 0 saturated carbocycles. The fourth-order valence-electron chi connectivity index (χ4n) is 3.60. The second-order valence-electron chi connectivity index (χ2n) is 7.62. The van der Waals surface area contributed by atoms with Crippen LogP contribution in [0.5, 0.6) is 0 Å². The topological polar surface area (TPSA) is 78.9 Å². The number of hydrogen-bond acceptors (Lipinski definition) is 5. The lowest BCUT2D eigenvalue weighted by molar-refractivity contribution is 0.102. The Hall–Kier alpha value is -4.42. The Morgan fingerprint density at radius 1 is 0.706 bits per heavy atom. The third-order valence-corrected chi connectivity index (χ3v) is 5.43. The normalized spacial score (nSPS) is 10.6. The molecular weight excluding hydrogens is 446 g/mol. The predicted molar refractivity (Wildman–Crippen MR) is 138 cm³/mol. The maximum absolute atomic E-state index is 13.0. The monoisotopic (exact) mass is 465 g/mol. The second-order valence-corrected chi connectivity index (χ2v) is 8.06. The molecule has 7 heteroatoms. The Labute approximate surface area is 201 Å². The van der Waals surface area contributed by atoms with Gasteiger partial charge in [-0.05, 0) is 72.8 Å².